The van der Waals surface area contributed by atoms with Gasteiger partial charge < -0.3 is 15.5 Å². The van der Waals surface area contributed by atoms with Crippen LogP contribution in [0.25, 0.3) is 0 Å². The molecule has 1 aliphatic carbocycles. The Labute approximate surface area is 145 Å². The van der Waals surface area contributed by atoms with Gasteiger partial charge in [0.05, 0.1) is 0 Å². The third-order valence-corrected chi connectivity index (χ3v) is 5.78. The van der Waals surface area contributed by atoms with Gasteiger partial charge in [0.15, 0.2) is 5.96 Å². The number of amides is 1. The minimum atomic E-state index is 0.182. The molecule has 2 rings (SSSR count). The Morgan fingerprint density at radius 2 is 2.17 bits per heavy atom. The van der Waals surface area contributed by atoms with E-state index in [0.29, 0.717) is 23.6 Å². The van der Waals surface area contributed by atoms with Crippen LogP contribution in [0.2, 0.25) is 0 Å². The molecule has 0 aromatic carbocycles. The molecule has 5 nitrogen and oxygen atoms in total. The van der Waals surface area contributed by atoms with E-state index in [4.69, 9.17) is 4.99 Å². The van der Waals surface area contributed by atoms with Crippen LogP contribution in [0, 0.1) is 5.92 Å². The largest absolute Gasteiger partial charge is 0.357 e. The van der Waals surface area contributed by atoms with Crippen molar-refractivity contribution in [3.8, 4) is 0 Å². The van der Waals surface area contributed by atoms with Crippen LogP contribution in [0.5, 0.6) is 0 Å². The first-order valence-corrected chi connectivity index (χ1v) is 10.1. The van der Waals surface area contributed by atoms with Crippen molar-refractivity contribution in [1.29, 1.82) is 0 Å². The number of nitrogens with zero attached hydrogens (tertiary/aromatic N) is 2. The van der Waals surface area contributed by atoms with Gasteiger partial charge in [-0.25, -0.2) is 0 Å². The first kappa shape index (κ1) is 18.4. The number of carbonyl (C=O) groups excluding carboxylic acids is 1. The predicted molar refractivity (Wildman–Crippen MR) is 99.0 cm³/mol. The van der Waals surface area contributed by atoms with E-state index in [-0.39, 0.29) is 5.91 Å². The van der Waals surface area contributed by atoms with Gasteiger partial charge in [-0.2, -0.15) is 11.8 Å². The second-order valence-corrected chi connectivity index (χ2v) is 8.13. The molecule has 132 valence electrons. The molecule has 0 radical (unpaired) electrons. The van der Waals surface area contributed by atoms with E-state index in [9.17, 15) is 4.79 Å². The summed E-state index contributed by atoms with van der Waals surface area (Å²) < 4.78 is 0. The van der Waals surface area contributed by atoms with E-state index < -0.39 is 0 Å². The number of aliphatic imine (C=N–C) groups is 1. The summed E-state index contributed by atoms with van der Waals surface area (Å²) in [5.41, 5.74) is 0. The Morgan fingerprint density at radius 3 is 2.83 bits per heavy atom. The normalized spacial score (nSPS) is 22.3. The van der Waals surface area contributed by atoms with Gasteiger partial charge in [0.1, 0.15) is 0 Å². The molecule has 1 saturated heterocycles. The quantitative estimate of drug-likeness (QED) is 0.423. The summed E-state index contributed by atoms with van der Waals surface area (Å²) in [7, 11) is 0. The summed E-state index contributed by atoms with van der Waals surface area (Å²) in [5, 5.41) is 7.12. The van der Waals surface area contributed by atoms with E-state index in [2.05, 4.69) is 48.1 Å². The Balaban J connectivity index is 1.77. The molecule has 0 aromatic heterocycles. The van der Waals surface area contributed by atoms with Crippen molar-refractivity contribution in [2.45, 2.75) is 57.7 Å². The summed E-state index contributed by atoms with van der Waals surface area (Å²) in [6.07, 6.45) is 3.71. The molecule has 1 unspecified atom stereocenters. The Bertz CT molecular complexity index is 409. The zero-order chi connectivity index (χ0) is 16.7. The zero-order valence-corrected chi connectivity index (χ0v) is 15.6. The molecule has 0 spiro atoms. The molecule has 1 aliphatic heterocycles. The number of hydrogen-bond donors (Lipinski definition) is 2. The van der Waals surface area contributed by atoms with Gasteiger partial charge in [-0.3, -0.25) is 9.79 Å². The third-order valence-electron chi connectivity index (χ3n) is 4.24. The summed E-state index contributed by atoms with van der Waals surface area (Å²) >= 11 is 2.08. The van der Waals surface area contributed by atoms with Crippen LogP contribution in [0.15, 0.2) is 4.99 Å². The molecule has 2 fully saturated rings. The fraction of sp³-hybridized carbons (Fsp3) is 0.882. The van der Waals surface area contributed by atoms with Crippen LogP contribution in [-0.4, -0.2) is 60.0 Å². The molecule has 2 aliphatic rings. The monoisotopic (exact) mass is 340 g/mol. The highest BCUT2D eigenvalue weighted by Crippen LogP contribution is 2.24. The van der Waals surface area contributed by atoms with Gasteiger partial charge in [-0.1, -0.05) is 13.8 Å². The Kier molecular flexibility index (Phi) is 7.53. The first-order chi connectivity index (χ1) is 11.1. The molecule has 1 heterocycles. The zero-order valence-electron chi connectivity index (χ0n) is 14.8. The van der Waals surface area contributed by atoms with Crippen LogP contribution in [0.4, 0.5) is 0 Å². The second-order valence-electron chi connectivity index (χ2n) is 6.78. The first-order valence-electron chi connectivity index (χ1n) is 9.04. The fourth-order valence-corrected chi connectivity index (χ4v) is 3.95. The molecule has 23 heavy (non-hydrogen) atoms. The lowest BCUT2D eigenvalue weighted by atomic mass is 10.1. The van der Waals surface area contributed by atoms with Crippen LogP contribution in [0.3, 0.4) is 0 Å². The SMILES string of the molecule is CCNC(=NCCCC(=O)NC1CC1)N1CCSC(C(C)C)C1. The highest BCUT2D eigenvalue weighted by molar-refractivity contribution is 8.00. The number of thioether (sulfide) groups is 1. The summed E-state index contributed by atoms with van der Waals surface area (Å²) in [6.45, 7) is 10.4. The number of carbonyl (C=O) groups is 1. The highest BCUT2D eigenvalue weighted by atomic mass is 32.2. The second kappa shape index (κ2) is 9.40. The molecule has 1 atom stereocenters. The van der Waals surface area contributed by atoms with E-state index in [1.165, 1.54) is 0 Å². The lowest BCUT2D eigenvalue weighted by Gasteiger charge is -2.36. The number of rotatable bonds is 7. The van der Waals surface area contributed by atoms with E-state index >= 15 is 0 Å². The molecular formula is C17H32N4OS. The van der Waals surface area contributed by atoms with E-state index in [1.807, 2.05) is 0 Å². The van der Waals surface area contributed by atoms with Gasteiger partial charge in [0.2, 0.25) is 5.91 Å². The summed E-state index contributed by atoms with van der Waals surface area (Å²) in [6, 6.07) is 0.460. The Morgan fingerprint density at radius 1 is 1.39 bits per heavy atom. The van der Waals surface area contributed by atoms with Crippen molar-refractivity contribution in [2.24, 2.45) is 10.9 Å². The minimum Gasteiger partial charge on any atom is -0.357 e. The van der Waals surface area contributed by atoms with Crippen LogP contribution in [-0.2, 0) is 4.79 Å². The Hall–Kier alpha value is -0.910. The van der Waals surface area contributed by atoms with Crippen LogP contribution < -0.4 is 10.6 Å². The number of guanidine groups is 1. The molecule has 1 saturated carbocycles. The molecule has 0 aromatic rings. The van der Waals surface area contributed by atoms with Crippen molar-refractivity contribution in [1.82, 2.24) is 15.5 Å². The van der Waals surface area contributed by atoms with Crippen LogP contribution >= 0.6 is 11.8 Å². The van der Waals surface area contributed by atoms with E-state index in [0.717, 1.165) is 57.2 Å². The van der Waals surface area contributed by atoms with Crippen LogP contribution in [0.1, 0.15) is 46.5 Å². The lowest BCUT2D eigenvalue weighted by molar-refractivity contribution is -0.121. The molecule has 0 bridgehead atoms. The van der Waals surface area contributed by atoms with Crippen molar-refractivity contribution >= 4 is 23.6 Å². The van der Waals surface area contributed by atoms with Crippen molar-refractivity contribution in [2.75, 3.05) is 31.9 Å². The maximum atomic E-state index is 11.7. The fourth-order valence-electron chi connectivity index (χ4n) is 2.65. The molecule has 2 N–H and O–H groups in total. The maximum Gasteiger partial charge on any atom is 0.220 e. The summed E-state index contributed by atoms with van der Waals surface area (Å²) in [4.78, 5) is 18.8. The maximum absolute atomic E-state index is 11.7. The third kappa shape index (κ3) is 6.61. The average molecular weight is 341 g/mol. The van der Waals surface area contributed by atoms with Gasteiger partial charge in [0.25, 0.3) is 0 Å². The molecular weight excluding hydrogens is 308 g/mol. The lowest BCUT2D eigenvalue weighted by Crippen LogP contribution is -2.49. The van der Waals surface area contributed by atoms with Crippen molar-refractivity contribution in [3.05, 3.63) is 0 Å². The topological polar surface area (TPSA) is 56.7 Å². The van der Waals surface area contributed by atoms with Gasteiger partial charge >= 0.3 is 0 Å². The average Bonchev–Trinajstić information content (AvgIpc) is 3.34. The standard InChI is InChI=1S/C17H32N4OS/c1-4-18-17(21-10-11-23-15(12-21)13(2)3)19-9-5-6-16(22)20-14-7-8-14/h13-15H,4-12H2,1-3H3,(H,18,19)(H,20,22). The summed E-state index contributed by atoms with van der Waals surface area (Å²) in [5.74, 6) is 3.05. The highest BCUT2D eigenvalue weighted by Gasteiger charge is 2.25. The van der Waals surface area contributed by atoms with Crippen molar-refractivity contribution in [3.63, 3.8) is 0 Å². The van der Waals surface area contributed by atoms with Gasteiger partial charge in [-0.15, -0.1) is 0 Å². The van der Waals surface area contributed by atoms with E-state index in [1.54, 1.807) is 0 Å². The van der Waals surface area contributed by atoms with Gasteiger partial charge in [-0.05, 0) is 32.1 Å². The van der Waals surface area contributed by atoms with Gasteiger partial charge in [0, 0.05) is 49.6 Å². The molecule has 6 heteroatoms. The smallest absolute Gasteiger partial charge is 0.220 e. The van der Waals surface area contributed by atoms with Crippen molar-refractivity contribution < 1.29 is 4.79 Å². The molecule has 1 amide bonds. The predicted octanol–water partition coefficient (Wildman–Crippen LogP) is 2.08. The number of nitrogens with one attached hydrogen (secondary N) is 2. The minimum absolute atomic E-state index is 0.182. The number of hydrogen-bond acceptors (Lipinski definition) is 3.